The number of nitrogens with one attached hydrogen (secondary N) is 2. The first-order chi connectivity index (χ1) is 15.4. The quantitative estimate of drug-likeness (QED) is 0.299. The van der Waals surface area contributed by atoms with Crippen molar-refractivity contribution in [1.82, 2.24) is 4.98 Å². The molecule has 0 bridgehead atoms. The number of hydrogen-bond donors (Lipinski definition) is 2. The number of nitriles is 1. The van der Waals surface area contributed by atoms with Crippen molar-refractivity contribution in [3.05, 3.63) is 80.6 Å². The van der Waals surface area contributed by atoms with E-state index in [2.05, 4.69) is 21.7 Å². The molecule has 4 aromatic rings. The number of allylic oxidation sites excluding steroid dienone is 1. The van der Waals surface area contributed by atoms with Crippen LogP contribution in [0.2, 0.25) is 5.02 Å². The van der Waals surface area contributed by atoms with Crippen molar-refractivity contribution in [3.8, 4) is 17.3 Å². The third-order valence-corrected chi connectivity index (χ3v) is 5.52. The first-order valence-electron chi connectivity index (χ1n) is 9.37. The molecule has 32 heavy (non-hydrogen) atoms. The van der Waals surface area contributed by atoms with Crippen LogP contribution in [0.15, 0.2) is 69.3 Å². The molecule has 0 saturated heterocycles. The van der Waals surface area contributed by atoms with Crippen LogP contribution < -0.4 is 16.3 Å². The molecule has 2 aromatic heterocycles. The van der Waals surface area contributed by atoms with Crippen LogP contribution in [-0.2, 0) is 4.79 Å². The number of anilines is 2. The maximum absolute atomic E-state index is 12.4. The zero-order valence-electron chi connectivity index (χ0n) is 16.7. The largest absolute Gasteiger partial charge is 0.422 e. The summed E-state index contributed by atoms with van der Waals surface area (Å²) in [5.74, 6) is -0.152. The lowest BCUT2D eigenvalue weighted by molar-refractivity contribution is -0.114. The Hall–Kier alpha value is -3.93. The first-order valence-corrected chi connectivity index (χ1v) is 10.6. The van der Waals surface area contributed by atoms with Crippen molar-refractivity contribution in [2.75, 3.05) is 10.6 Å². The summed E-state index contributed by atoms with van der Waals surface area (Å²) in [5, 5.41) is 18.7. The molecule has 2 heterocycles. The molecule has 0 aliphatic carbocycles. The van der Waals surface area contributed by atoms with Gasteiger partial charge in [-0.25, -0.2) is 9.78 Å². The number of hydrogen-bond acceptors (Lipinski definition) is 7. The molecule has 2 aromatic carbocycles. The van der Waals surface area contributed by atoms with Crippen LogP contribution in [0.1, 0.15) is 11.9 Å². The van der Waals surface area contributed by atoms with Gasteiger partial charge in [0.15, 0.2) is 0 Å². The summed E-state index contributed by atoms with van der Waals surface area (Å²) < 4.78 is 5.37. The minimum Gasteiger partial charge on any atom is -0.422 e. The number of aromatic nitrogens is 1. The highest BCUT2D eigenvalue weighted by molar-refractivity contribution is 7.11. The third-order valence-electron chi connectivity index (χ3n) is 4.41. The van der Waals surface area contributed by atoms with Gasteiger partial charge in [-0.3, -0.25) is 4.79 Å². The zero-order chi connectivity index (χ0) is 22.7. The van der Waals surface area contributed by atoms with E-state index in [0.717, 1.165) is 5.69 Å². The fraction of sp³-hybridized carbons (Fsp3) is 0.0435. The first kappa shape index (κ1) is 21.3. The lowest BCUT2D eigenvalue weighted by atomic mass is 10.1. The summed E-state index contributed by atoms with van der Waals surface area (Å²) in [6, 6.07) is 15.8. The lowest BCUT2D eigenvalue weighted by Gasteiger charge is -2.04. The molecule has 0 unspecified atom stereocenters. The number of halogens is 1. The van der Waals surface area contributed by atoms with Gasteiger partial charge in [0, 0.05) is 40.3 Å². The highest BCUT2D eigenvalue weighted by Crippen LogP contribution is 2.27. The van der Waals surface area contributed by atoms with Gasteiger partial charge in [-0.2, -0.15) is 5.26 Å². The Kier molecular flexibility index (Phi) is 6.03. The topological polar surface area (TPSA) is 108 Å². The van der Waals surface area contributed by atoms with Gasteiger partial charge in [0.05, 0.1) is 11.3 Å². The highest BCUT2D eigenvalue weighted by atomic mass is 35.5. The van der Waals surface area contributed by atoms with E-state index in [-0.39, 0.29) is 5.91 Å². The van der Waals surface area contributed by atoms with E-state index in [4.69, 9.17) is 16.0 Å². The molecule has 7 nitrogen and oxygen atoms in total. The number of amides is 1. The molecule has 0 saturated carbocycles. The minimum absolute atomic E-state index is 0.152. The van der Waals surface area contributed by atoms with Gasteiger partial charge in [-0.05, 0) is 48.5 Å². The van der Waals surface area contributed by atoms with Gasteiger partial charge in [-0.1, -0.05) is 11.6 Å². The van der Waals surface area contributed by atoms with Crippen LogP contribution in [0.25, 0.3) is 27.8 Å². The maximum Gasteiger partial charge on any atom is 0.345 e. The third kappa shape index (κ3) is 4.70. The number of nitrogens with zero attached hydrogens (tertiary/aromatic N) is 2. The number of carbonyl (C=O) groups excluding carboxylic acids is 1. The molecule has 0 atom stereocenters. The summed E-state index contributed by atoms with van der Waals surface area (Å²) in [6.07, 6.45) is 1.54. The Bertz CT molecular complexity index is 1450. The van der Waals surface area contributed by atoms with Crippen LogP contribution in [0.4, 0.5) is 11.4 Å². The molecule has 1 amide bonds. The Balaban J connectivity index is 1.58. The second kappa shape index (κ2) is 9.06. The number of rotatable bonds is 5. The van der Waals surface area contributed by atoms with E-state index in [9.17, 15) is 14.9 Å². The van der Waals surface area contributed by atoms with E-state index >= 15 is 0 Å². The number of benzene rings is 2. The van der Waals surface area contributed by atoms with Gasteiger partial charge in [0.2, 0.25) is 5.91 Å². The second-order valence-corrected chi connectivity index (χ2v) is 8.03. The van der Waals surface area contributed by atoms with E-state index in [0.29, 0.717) is 43.5 Å². The molecule has 0 spiro atoms. The Morgan fingerprint density at radius 3 is 2.66 bits per heavy atom. The summed E-state index contributed by atoms with van der Waals surface area (Å²) >= 11 is 7.28. The molecule has 0 radical (unpaired) electrons. The highest BCUT2D eigenvalue weighted by Gasteiger charge is 2.14. The molecule has 2 N–H and O–H groups in total. The molecule has 0 aliphatic rings. The van der Waals surface area contributed by atoms with Gasteiger partial charge >= 0.3 is 5.63 Å². The average Bonchev–Trinajstić information content (AvgIpc) is 3.24. The van der Waals surface area contributed by atoms with Crippen LogP contribution >= 0.6 is 22.9 Å². The van der Waals surface area contributed by atoms with Crippen molar-refractivity contribution in [1.29, 1.82) is 5.26 Å². The molecular weight excluding hydrogens is 448 g/mol. The Morgan fingerprint density at radius 1 is 1.19 bits per heavy atom. The smallest absolute Gasteiger partial charge is 0.345 e. The van der Waals surface area contributed by atoms with E-state index < -0.39 is 5.63 Å². The van der Waals surface area contributed by atoms with E-state index in [1.807, 2.05) is 0 Å². The van der Waals surface area contributed by atoms with Crippen LogP contribution in [0.3, 0.4) is 0 Å². The molecule has 0 aliphatic heterocycles. The van der Waals surface area contributed by atoms with Crippen LogP contribution in [-0.4, -0.2) is 10.9 Å². The molecule has 0 fully saturated rings. The van der Waals surface area contributed by atoms with Gasteiger partial charge in [0.1, 0.15) is 22.2 Å². The second-order valence-electron chi connectivity index (χ2n) is 6.74. The number of fused-ring (bicyclic) bond motifs is 1. The van der Waals surface area contributed by atoms with Crippen molar-refractivity contribution < 1.29 is 9.21 Å². The van der Waals surface area contributed by atoms with E-state index in [1.54, 1.807) is 60.1 Å². The summed E-state index contributed by atoms with van der Waals surface area (Å²) in [6.45, 7) is 1.44. The summed E-state index contributed by atoms with van der Waals surface area (Å²) in [7, 11) is 0. The molecule has 4 rings (SSSR count). The maximum atomic E-state index is 12.4. The number of carbonyl (C=O) groups is 1. The van der Waals surface area contributed by atoms with Gasteiger partial charge in [0.25, 0.3) is 0 Å². The lowest BCUT2D eigenvalue weighted by Crippen LogP contribution is -2.05. The van der Waals surface area contributed by atoms with Gasteiger partial charge in [-0.15, -0.1) is 11.3 Å². The summed E-state index contributed by atoms with van der Waals surface area (Å²) in [5.41, 5.74) is 2.34. The number of thiazole rings is 1. The van der Waals surface area contributed by atoms with Gasteiger partial charge < -0.3 is 15.1 Å². The SMILES string of the molecule is CC(=O)Nc1ccc(NC=C(C#N)c2nc(-c3cc4cc(Cl)ccc4oc3=O)cs2)cc1. The zero-order valence-corrected chi connectivity index (χ0v) is 18.3. The monoisotopic (exact) mass is 462 g/mol. The molecule has 158 valence electrons. The van der Waals surface area contributed by atoms with Crippen molar-refractivity contribution in [3.63, 3.8) is 0 Å². The standard InChI is InChI=1S/C23H15ClN4O3S/c1-13(29)27-18-5-3-17(4-6-18)26-11-15(10-25)22-28-20(12-32-22)19-9-14-8-16(24)2-7-21(14)31-23(19)30/h2-9,11-12,26H,1H3,(H,27,29). The Labute approximate surface area is 191 Å². The minimum atomic E-state index is -0.517. The van der Waals surface area contributed by atoms with Crippen molar-refractivity contribution in [2.45, 2.75) is 6.92 Å². The predicted octanol–water partition coefficient (Wildman–Crippen LogP) is 5.50. The summed E-state index contributed by atoms with van der Waals surface area (Å²) in [4.78, 5) is 28.0. The molecule has 9 heteroatoms. The fourth-order valence-electron chi connectivity index (χ4n) is 2.94. The van der Waals surface area contributed by atoms with E-state index in [1.165, 1.54) is 18.3 Å². The Morgan fingerprint density at radius 2 is 1.94 bits per heavy atom. The van der Waals surface area contributed by atoms with Crippen LogP contribution in [0, 0.1) is 11.3 Å². The molecular formula is C23H15ClN4O3S. The van der Waals surface area contributed by atoms with Crippen molar-refractivity contribution in [2.24, 2.45) is 0 Å². The fourth-order valence-corrected chi connectivity index (χ4v) is 3.91. The average molecular weight is 463 g/mol. The normalized spacial score (nSPS) is 11.2. The van der Waals surface area contributed by atoms with Crippen molar-refractivity contribution >= 4 is 56.8 Å². The predicted molar refractivity (Wildman–Crippen MR) is 127 cm³/mol. The van der Waals surface area contributed by atoms with Crippen LogP contribution in [0.5, 0.6) is 0 Å².